The second-order valence-electron chi connectivity index (χ2n) is 6.57. The van der Waals surface area contributed by atoms with E-state index in [1.807, 2.05) is 0 Å². The fourth-order valence-electron chi connectivity index (χ4n) is 3.41. The topological polar surface area (TPSA) is 57.7 Å². The van der Waals surface area contributed by atoms with E-state index < -0.39 is 15.3 Å². The standard InChI is InChI=1S/C15H26N2O3S/c1-13(14(18)16(2)3)21(19,20)17-11-7-10-15(12-17)8-5-4-6-9-15/h4-5,13H,6-12H2,1-3H3/t13-,15-/m1/s1. The predicted octanol–water partition coefficient (Wildman–Crippen LogP) is 1.62. The summed E-state index contributed by atoms with van der Waals surface area (Å²) < 4.78 is 27.0. The Bertz CT molecular complexity index is 527. The van der Waals surface area contributed by atoms with Gasteiger partial charge in [0.05, 0.1) is 0 Å². The van der Waals surface area contributed by atoms with Crippen molar-refractivity contribution < 1.29 is 13.2 Å². The molecule has 6 heteroatoms. The van der Waals surface area contributed by atoms with Crippen LogP contribution in [0.25, 0.3) is 0 Å². The first-order valence-corrected chi connectivity index (χ1v) is 9.14. The highest BCUT2D eigenvalue weighted by Gasteiger charge is 2.42. The van der Waals surface area contributed by atoms with Crippen LogP contribution in [-0.2, 0) is 14.8 Å². The van der Waals surface area contributed by atoms with Gasteiger partial charge in [-0.15, -0.1) is 0 Å². The third kappa shape index (κ3) is 3.31. The molecule has 21 heavy (non-hydrogen) atoms. The third-order valence-corrected chi connectivity index (χ3v) is 6.91. The molecule has 0 N–H and O–H groups in total. The molecule has 5 nitrogen and oxygen atoms in total. The largest absolute Gasteiger partial charge is 0.348 e. The summed E-state index contributed by atoms with van der Waals surface area (Å²) in [6.07, 6.45) is 9.35. The van der Waals surface area contributed by atoms with Crippen LogP contribution in [-0.4, -0.2) is 56.0 Å². The Hall–Kier alpha value is -0.880. The van der Waals surface area contributed by atoms with Crippen LogP contribution in [0.15, 0.2) is 12.2 Å². The van der Waals surface area contributed by atoms with Gasteiger partial charge in [-0.3, -0.25) is 4.79 Å². The maximum Gasteiger partial charge on any atom is 0.241 e. The number of piperidine rings is 1. The quantitative estimate of drug-likeness (QED) is 0.744. The molecule has 1 saturated heterocycles. The molecule has 1 aliphatic carbocycles. The number of carbonyl (C=O) groups excluding carboxylic acids is 1. The molecular formula is C15H26N2O3S. The van der Waals surface area contributed by atoms with Crippen molar-refractivity contribution in [1.82, 2.24) is 9.21 Å². The lowest BCUT2D eigenvalue weighted by Gasteiger charge is -2.43. The number of hydrogen-bond donors (Lipinski definition) is 0. The number of hydrogen-bond acceptors (Lipinski definition) is 3. The maximum absolute atomic E-state index is 12.7. The van der Waals surface area contributed by atoms with Crippen molar-refractivity contribution in [3.05, 3.63) is 12.2 Å². The first-order valence-electron chi connectivity index (χ1n) is 7.64. The molecule has 0 saturated carbocycles. The first-order chi connectivity index (χ1) is 9.78. The number of rotatable bonds is 3. The lowest BCUT2D eigenvalue weighted by atomic mass is 9.72. The molecule has 120 valence electrons. The molecular weight excluding hydrogens is 288 g/mol. The number of carbonyl (C=O) groups is 1. The SMILES string of the molecule is C[C@H](C(=O)N(C)C)S(=O)(=O)N1CCC[C@]2(CC=CCC2)C1. The van der Waals surface area contributed by atoms with Gasteiger partial charge in [0.2, 0.25) is 15.9 Å². The van der Waals surface area contributed by atoms with E-state index in [0.717, 1.165) is 32.1 Å². The zero-order chi connectivity index (χ0) is 15.7. The summed E-state index contributed by atoms with van der Waals surface area (Å²) in [7, 11) is -0.373. The van der Waals surface area contributed by atoms with Crippen LogP contribution in [0.2, 0.25) is 0 Å². The van der Waals surface area contributed by atoms with E-state index in [1.165, 1.54) is 11.8 Å². The van der Waals surface area contributed by atoms with Crippen molar-refractivity contribution in [2.75, 3.05) is 27.2 Å². The van der Waals surface area contributed by atoms with Crippen LogP contribution >= 0.6 is 0 Å². The number of allylic oxidation sites excluding steroid dienone is 2. The van der Waals surface area contributed by atoms with Crippen molar-refractivity contribution in [2.45, 2.75) is 44.3 Å². The van der Waals surface area contributed by atoms with Gasteiger partial charge in [0, 0.05) is 27.2 Å². The molecule has 1 spiro atoms. The minimum Gasteiger partial charge on any atom is -0.348 e. The van der Waals surface area contributed by atoms with Gasteiger partial charge in [0.1, 0.15) is 0 Å². The van der Waals surface area contributed by atoms with E-state index in [1.54, 1.807) is 18.4 Å². The highest BCUT2D eigenvalue weighted by molar-refractivity contribution is 7.90. The Morgan fingerprint density at radius 3 is 2.57 bits per heavy atom. The number of amides is 1. The molecule has 2 rings (SSSR count). The summed E-state index contributed by atoms with van der Waals surface area (Å²) in [5.74, 6) is -0.349. The number of sulfonamides is 1. The van der Waals surface area contributed by atoms with Crippen molar-refractivity contribution in [3.63, 3.8) is 0 Å². The summed E-state index contributed by atoms with van der Waals surface area (Å²) in [4.78, 5) is 13.4. The normalized spacial score (nSPS) is 28.5. The molecule has 1 aliphatic heterocycles. The Labute approximate surface area is 128 Å². The van der Waals surface area contributed by atoms with Crippen molar-refractivity contribution in [1.29, 1.82) is 0 Å². The van der Waals surface area contributed by atoms with Crippen LogP contribution in [0.1, 0.15) is 39.0 Å². The summed E-state index contributed by atoms with van der Waals surface area (Å²) in [5.41, 5.74) is 0.0843. The second-order valence-corrected chi connectivity index (χ2v) is 8.82. The molecule has 0 aromatic heterocycles. The van der Waals surface area contributed by atoms with E-state index in [2.05, 4.69) is 12.2 Å². The zero-order valence-electron chi connectivity index (χ0n) is 13.2. The third-order valence-electron chi connectivity index (χ3n) is 4.78. The fraction of sp³-hybridized carbons (Fsp3) is 0.800. The Morgan fingerprint density at radius 2 is 2.00 bits per heavy atom. The molecule has 0 radical (unpaired) electrons. The van der Waals surface area contributed by atoms with E-state index in [9.17, 15) is 13.2 Å². The van der Waals surface area contributed by atoms with E-state index >= 15 is 0 Å². The van der Waals surface area contributed by atoms with Gasteiger partial charge in [-0.1, -0.05) is 12.2 Å². The minimum absolute atomic E-state index is 0.0843. The van der Waals surface area contributed by atoms with Gasteiger partial charge in [0.15, 0.2) is 5.25 Å². The van der Waals surface area contributed by atoms with Crippen molar-refractivity contribution >= 4 is 15.9 Å². The lowest BCUT2D eigenvalue weighted by Crippen LogP contribution is -2.51. The zero-order valence-corrected chi connectivity index (χ0v) is 14.0. The van der Waals surface area contributed by atoms with Gasteiger partial charge in [-0.2, -0.15) is 0 Å². The Kier molecular flexibility index (Phi) is 4.78. The summed E-state index contributed by atoms with van der Waals surface area (Å²) in [5, 5.41) is -0.998. The van der Waals surface area contributed by atoms with Gasteiger partial charge in [-0.25, -0.2) is 12.7 Å². The molecule has 0 aromatic carbocycles. The Balaban J connectivity index is 2.16. The summed E-state index contributed by atoms with van der Waals surface area (Å²) in [6.45, 7) is 2.60. The van der Waals surface area contributed by atoms with E-state index in [0.29, 0.717) is 13.1 Å². The monoisotopic (exact) mass is 314 g/mol. The van der Waals surface area contributed by atoms with Gasteiger partial charge < -0.3 is 4.90 Å². The highest BCUT2D eigenvalue weighted by atomic mass is 32.2. The van der Waals surface area contributed by atoms with Crippen LogP contribution in [0.3, 0.4) is 0 Å². The Morgan fingerprint density at radius 1 is 1.29 bits per heavy atom. The van der Waals surface area contributed by atoms with Gasteiger partial charge in [0.25, 0.3) is 0 Å². The molecule has 1 amide bonds. The van der Waals surface area contributed by atoms with Crippen molar-refractivity contribution in [2.24, 2.45) is 5.41 Å². The molecule has 0 bridgehead atoms. The molecule has 1 fully saturated rings. The molecule has 0 aromatic rings. The first kappa shape index (κ1) is 16.5. The van der Waals surface area contributed by atoms with Crippen molar-refractivity contribution in [3.8, 4) is 0 Å². The summed E-state index contributed by atoms with van der Waals surface area (Å²) in [6, 6.07) is 0. The van der Waals surface area contributed by atoms with E-state index in [-0.39, 0.29) is 11.3 Å². The second kappa shape index (κ2) is 6.08. The molecule has 0 unspecified atom stereocenters. The van der Waals surface area contributed by atoms with Gasteiger partial charge >= 0.3 is 0 Å². The highest BCUT2D eigenvalue weighted by Crippen LogP contribution is 2.41. The summed E-state index contributed by atoms with van der Waals surface area (Å²) >= 11 is 0. The van der Waals surface area contributed by atoms with Crippen LogP contribution in [0, 0.1) is 5.41 Å². The smallest absolute Gasteiger partial charge is 0.241 e. The van der Waals surface area contributed by atoms with Crippen LogP contribution in [0.4, 0.5) is 0 Å². The maximum atomic E-state index is 12.7. The molecule has 2 aliphatic rings. The lowest BCUT2D eigenvalue weighted by molar-refractivity contribution is -0.128. The average Bonchev–Trinajstić information content (AvgIpc) is 2.46. The van der Waals surface area contributed by atoms with Crippen LogP contribution in [0.5, 0.6) is 0 Å². The number of nitrogens with zero attached hydrogens (tertiary/aromatic N) is 2. The predicted molar refractivity (Wildman–Crippen MR) is 83.3 cm³/mol. The molecule has 1 heterocycles. The van der Waals surface area contributed by atoms with Crippen LogP contribution < -0.4 is 0 Å². The van der Waals surface area contributed by atoms with Gasteiger partial charge in [-0.05, 0) is 44.4 Å². The fourth-order valence-corrected chi connectivity index (χ4v) is 5.16. The van der Waals surface area contributed by atoms with E-state index in [4.69, 9.17) is 0 Å². The average molecular weight is 314 g/mol. The molecule has 2 atom stereocenters. The minimum atomic E-state index is -3.56.